The molecule has 0 aromatic rings. The van der Waals surface area contributed by atoms with Gasteiger partial charge in [-0.1, -0.05) is 0 Å². The summed E-state index contributed by atoms with van der Waals surface area (Å²) in [6.07, 6.45) is 0. The summed E-state index contributed by atoms with van der Waals surface area (Å²) >= 11 is 0. The summed E-state index contributed by atoms with van der Waals surface area (Å²) in [5.74, 6) is 0. The molecule has 0 saturated carbocycles. The number of rotatable bonds is 0. The van der Waals surface area contributed by atoms with Crippen molar-refractivity contribution in [3.8, 4) is 0 Å². The zero-order valence-electron chi connectivity index (χ0n) is 3.97. The van der Waals surface area contributed by atoms with E-state index in [-0.39, 0.29) is 91.0 Å². The van der Waals surface area contributed by atoms with Crippen LogP contribution in [0, 0.1) is 0 Å². The van der Waals surface area contributed by atoms with Gasteiger partial charge in [0, 0.05) is 65.1 Å². The van der Waals surface area contributed by atoms with Gasteiger partial charge in [0.25, 0.3) is 0 Å². The molecule has 4 heteroatoms. The van der Waals surface area contributed by atoms with E-state index in [2.05, 4.69) is 0 Å². The van der Waals surface area contributed by atoms with Gasteiger partial charge in [0.05, 0.1) is 0 Å². The Morgan fingerprint density at radius 3 is 1.25 bits per heavy atom. The number of hydrogen-bond acceptors (Lipinski definition) is 0. The van der Waals surface area contributed by atoms with Crippen molar-refractivity contribution in [2.24, 2.45) is 0 Å². The van der Waals surface area contributed by atoms with Gasteiger partial charge >= 0.3 is 23.1 Å². The second-order valence-electron chi connectivity index (χ2n) is 0. The molecule has 0 fully saturated rings. The fourth-order valence-corrected chi connectivity index (χ4v) is 0. The third kappa shape index (κ3) is 8.86. The summed E-state index contributed by atoms with van der Waals surface area (Å²) in [4.78, 5) is 0. The molecule has 4 heavy (non-hydrogen) atoms. The molecule has 0 unspecified atom stereocenters. The van der Waals surface area contributed by atoms with E-state index in [1.165, 1.54) is 0 Å². The summed E-state index contributed by atoms with van der Waals surface area (Å²) < 4.78 is 0. The van der Waals surface area contributed by atoms with Crippen LogP contribution in [0.5, 0.6) is 0 Å². The second kappa shape index (κ2) is 16.9. The fourth-order valence-electron chi connectivity index (χ4n) is 0. The van der Waals surface area contributed by atoms with Crippen molar-refractivity contribution in [1.82, 2.24) is 0 Å². The van der Waals surface area contributed by atoms with E-state index in [4.69, 9.17) is 0 Å². The minimum atomic E-state index is 0. The quantitative estimate of drug-likeness (QED) is 0.536. The molecule has 23 valence electrons. The van der Waals surface area contributed by atoms with Crippen LogP contribution < -0.4 is 0 Å². The molecule has 1 radical (unpaired) electrons. The van der Waals surface area contributed by atoms with Crippen molar-refractivity contribution in [2.45, 2.75) is 0 Å². The first-order valence-corrected chi connectivity index (χ1v) is 0. The average molecular weight is 269 g/mol. The van der Waals surface area contributed by atoms with Crippen LogP contribution in [0.3, 0.4) is 0 Å². The maximum atomic E-state index is 0. The topological polar surface area (TPSA) is 0 Å². The third-order valence-corrected chi connectivity index (χ3v) is 0. The monoisotopic (exact) mass is 267 g/mol. The van der Waals surface area contributed by atoms with E-state index in [1.54, 1.807) is 0 Å². The van der Waals surface area contributed by atoms with E-state index in [1.807, 2.05) is 0 Å². The van der Waals surface area contributed by atoms with Crippen LogP contribution in [-0.2, 0) is 65.1 Å². The molecule has 0 amide bonds. The average Bonchev–Trinajstić information content (AvgIpc) is 0. The number of hydrogen-bond donors (Lipinski definition) is 0. The molecule has 0 aromatic carbocycles. The first-order chi connectivity index (χ1) is 0. The zero-order valence-corrected chi connectivity index (χ0v) is 9.03. The van der Waals surface area contributed by atoms with Gasteiger partial charge in [-0.15, -0.1) is 0 Å². The van der Waals surface area contributed by atoms with Crippen LogP contribution >= 0.6 is 0 Å². The van der Waals surface area contributed by atoms with Gasteiger partial charge in [0.1, 0.15) is 0 Å². The minimum Gasteiger partial charge on any atom is -1.00 e. The standard InChI is InChI=1S/Mg.Nb.Ni.Zr.2H/q+2;;;;2*-1. The summed E-state index contributed by atoms with van der Waals surface area (Å²) in [7, 11) is 0. The van der Waals surface area contributed by atoms with Crippen LogP contribution in [0.25, 0.3) is 0 Å². The molecule has 0 aromatic heterocycles. The summed E-state index contributed by atoms with van der Waals surface area (Å²) in [5.41, 5.74) is 0. The van der Waals surface area contributed by atoms with E-state index in [0.717, 1.165) is 0 Å². The van der Waals surface area contributed by atoms with E-state index in [0.29, 0.717) is 0 Å². The van der Waals surface area contributed by atoms with Gasteiger partial charge in [-0.05, 0) is 0 Å². The molecule has 0 aliphatic carbocycles. The Balaban J connectivity index is 0. The Bertz CT molecular complexity index is 13.5. The Kier molecular flexibility index (Phi) is 121. The smallest absolute Gasteiger partial charge is 1.00 e. The summed E-state index contributed by atoms with van der Waals surface area (Å²) in [5, 5.41) is 0. The van der Waals surface area contributed by atoms with Crippen LogP contribution in [0.15, 0.2) is 0 Å². The first-order valence-electron chi connectivity index (χ1n) is 0. The van der Waals surface area contributed by atoms with E-state index in [9.17, 15) is 0 Å². The molecule has 0 aliphatic rings. The molecule has 0 saturated heterocycles. The van der Waals surface area contributed by atoms with Crippen LogP contribution in [0.1, 0.15) is 2.85 Å². The fraction of sp³-hybridized carbons (Fsp3) is 0. The van der Waals surface area contributed by atoms with Crippen molar-refractivity contribution >= 4 is 23.1 Å². The van der Waals surface area contributed by atoms with Gasteiger partial charge in [0.15, 0.2) is 0 Å². The first kappa shape index (κ1) is 28.7. The predicted molar refractivity (Wildman–Crippen MR) is 7.98 cm³/mol. The van der Waals surface area contributed by atoms with Crippen molar-refractivity contribution in [3.63, 3.8) is 0 Å². The van der Waals surface area contributed by atoms with Gasteiger partial charge in [-0.2, -0.15) is 0 Å². The molecule has 0 aliphatic heterocycles. The summed E-state index contributed by atoms with van der Waals surface area (Å²) in [6.45, 7) is 0. The second-order valence-corrected chi connectivity index (χ2v) is 0. The van der Waals surface area contributed by atoms with Crippen molar-refractivity contribution in [1.29, 1.82) is 0 Å². The molecule has 0 rings (SSSR count). The van der Waals surface area contributed by atoms with Crippen molar-refractivity contribution in [2.75, 3.05) is 0 Å². The molecule has 0 spiro atoms. The minimum absolute atomic E-state index is 0. The third-order valence-electron chi connectivity index (χ3n) is 0. The van der Waals surface area contributed by atoms with Gasteiger partial charge in [-0.25, -0.2) is 0 Å². The van der Waals surface area contributed by atoms with E-state index >= 15 is 0 Å². The SMILES string of the molecule is [H-].[H-].[Mg+2].[Nb].[Ni].[Zr]. The molecule has 0 nitrogen and oxygen atoms in total. The van der Waals surface area contributed by atoms with Gasteiger partial charge in [-0.3, -0.25) is 0 Å². The van der Waals surface area contributed by atoms with Gasteiger partial charge < -0.3 is 2.85 Å². The molecule has 0 bridgehead atoms. The van der Waals surface area contributed by atoms with E-state index < -0.39 is 0 Å². The van der Waals surface area contributed by atoms with Crippen molar-refractivity contribution in [3.05, 3.63) is 0 Å². The van der Waals surface area contributed by atoms with Crippen molar-refractivity contribution < 1.29 is 67.9 Å². The molecular formula is H2MgNbNiZr. The Morgan fingerprint density at radius 1 is 1.25 bits per heavy atom. The van der Waals surface area contributed by atoms with Crippen LogP contribution in [0.4, 0.5) is 0 Å². The zero-order chi connectivity index (χ0) is 0. The normalized spacial score (nSPS) is 0. The molecule has 0 N–H and O–H groups in total. The predicted octanol–water partition coefficient (Wildman–Crippen LogP) is -0.163. The Hall–Kier alpha value is 2.88. The van der Waals surface area contributed by atoms with Crippen LogP contribution in [0.2, 0.25) is 0 Å². The molecule has 0 atom stereocenters. The Morgan fingerprint density at radius 2 is 1.25 bits per heavy atom. The molecule has 0 heterocycles. The summed E-state index contributed by atoms with van der Waals surface area (Å²) in [6, 6.07) is 0. The van der Waals surface area contributed by atoms with Crippen LogP contribution in [-0.4, -0.2) is 23.1 Å². The largest absolute Gasteiger partial charge is 2.00 e. The van der Waals surface area contributed by atoms with Gasteiger partial charge in [0.2, 0.25) is 0 Å². The maximum Gasteiger partial charge on any atom is 2.00 e. The maximum absolute atomic E-state index is 0. The molecular weight excluding hydrogens is 267 g/mol. The Labute approximate surface area is 89.5 Å².